The van der Waals surface area contributed by atoms with Gasteiger partial charge in [-0.25, -0.2) is 0 Å². The van der Waals surface area contributed by atoms with Crippen LogP contribution in [0.3, 0.4) is 0 Å². The highest BCUT2D eigenvalue weighted by Crippen LogP contribution is 2.39. The van der Waals surface area contributed by atoms with Gasteiger partial charge in [0, 0.05) is 86.8 Å². The molecule has 0 bridgehead atoms. The molecule has 11 amide bonds. The Morgan fingerprint density at radius 1 is 0.690 bits per heavy atom. The molecule has 2 aromatic rings. The van der Waals surface area contributed by atoms with Gasteiger partial charge in [-0.05, 0) is 133 Å². The fraction of sp³-hybridized carbons (Fsp3) is 0.685. The molecule has 27 heteroatoms. The maximum Gasteiger partial charge on any atom is 0.417 e. The zero-order valence-electron chi connectivity index (χ0n) is 60.9. The number of carbonyl (C=O) groups excluding carboxylic acids is 11. The third kappa shape index (κ3) is 18.6. The molecule has 3 heterocycles. The van der Waals surface area contributed by atoms with Crippen molar-refractivity contribution in [2.75, 3.05) is 68.0 Å². The monoisotopic (exact) mass is 1420 g/mol. The second kappa shape index (κ2) is 34.5. The molecule has 100 heavy (non-hydrogen) atoms. The third-order valence-electron chi connectivity index (χ3n) is 21.6. The van der Waals surface area contributed by atoms with Gasteiger partial charge in [0.25, 0.3) is 0 Å². The van der Waals surface area contributed by atoms with E-state index in [1.165, 1.54) is 68.4 Å². The Labute approximate surface area is 592 Å². The molecular formula is C73H107ClF3N11O12. The Morgan fingerprint density at radius 3 is 1.90 bits per heavy atom. The Balaban J connectivity index is 1.30. The summed E-state index contributed by atoms with van der Waals surface area (Å²) in [6, 6.07) is 0.184. The molecule has 0 unspecified atom stereocenters. The molecule has 0 radical (unpaired) electrons. The van der Waals surface area contributed by atoms with E-state index in [0.29, 0.717) is 31.2 Å². The normalized spacial score (nSPS) is 27.4. The Bertz CT molecular complexity index is 3290. The summed E-state index contributed by atoms with van der Waals surface area (Å²) in [6.45, 7) is 15.5. The minimum absolute atomic E-state index is 0.0247. The van der Waals surface area contributed by atoms with Crippen molar-refractivity contribution in [3.05, 3.63) is 69.7 Å². The lowest BCUT2D eigenvalue weighted by Crippen LogP contribution is -2.68. The fourth-order valence-electron chi connectivity index (χ4n) is 14.7. The third-order valence-corrected chi connectivity index (χ3v) is 21.9. The summed E-state index contributed by atoms with van der Waals surface area (Å²) >= 11 is 6.18. The number of nitrogens with one attached hydrogen (secondary N) is 3. The number of ether oxygens (including phenoxy) is 1. The molecule has 2 aromatic carbocycles. The zero-order valence-corrected chi connectivity index (χ0v) is 61.6. The number of aryl methyl sites for hydroxylation is 2. The van der Waals surface area contributed by atoms with Crippen LogP contribution in [0.15, 0.2) is 42.5 Å². The summed E-state index contributed by atoms with van der Waals surface area (Å²) in [5.74, 6) is -7.61. The average molecular weight is 1420 g/mol. The highest BCUT2D eigenvalue weighted by Gasteiger charge is 2.54. The molecule has 3 aliphatic heterocycles. The van der Waals surface area contributed by atoms with Gasteiger partial charge in [0.2, 0.25) is 65.0 Å². The smallest absolute Gasteiger partial charge is 0.377 e. The van der Waals surface area contributed by atoms with Crippen LogP contribution in [-0.4, -0.2) is 238 Å². The standard InChI is InChI=1S/C73H107ClF3N11O12/c1-15-45(7)61-69(97)83(12)47(9)65(93)87-35-32-55(87)68(96)86(16-2)58(39-49-26-24-44(6)25-27-49)67(95)81(10)42-59(89)78-54(31-29-48-28-30-52(53(74)38-48)73(75,76)77)66(94)88-41-51(100-17-3)40-57(88)64(92)80-72(33-21-34-72)71(99)85(14)62(50-22-19-18-20-23-50)70(98)82(11)46(8)37-60(90)84(13)56(36-43(4)5)63(91)79-61/h24-28,30,38,43,45-47,50-51,54-58,61-62H,15-23,29,31-37,39-42H2,1-14H3,(H,78,89)(H,79,91)(H,80,92)/t45-,46+,47-,51+,54-,55-,56-,57-,58-,61-,62-/m0/s1. The molecule has 7 rings (SSSR count). The number of amides is 11. The average Bonchev–Trinajstić information content (AvgIpc) is 1.08. The fourth-order valence-corrected chi connectivity index (χ4v) is 15.0. The van der Waals surface area contributed by atoms with Crippen LogP contribution in [0.4, 0.5) is 13.2 Å². The number of halogens is 4. The highest BCUT2D eigenvalue weighted by molar-refractivity contribution is 6.31. The van der Waals surface area contributed by atoms with Gasteiger partial charge >= 0.3 is 6.18 Å². The van der Waals surface area contributed by atoms with Crippen LogP contribution in [-0.2, 0) is 76.5 Å². The van der Waals surface area contributed by atoms with Gasteiger partial charge in [-0.1, -0.05) is 101 Å². The van der Waals surface area contributed by atoms with E-state index in [-0.39, 0.29) is 101 Å². The Hall–Kier alpha value is -7.35. The van der Waals surface area contributed by atoms with Gasteiger partial charge in [-0.3, -0.25) is 52.7 Å². The molecule has 2 aliphatic carbocycles. The van der Waals surface area contributed by atoms with E-state index in [4.69, 9.17) is 16.3 Å². The first-order valence-corrected chi connectivity index (χ1v) is 36.1. The summed E-state index contributed by atoms with van der Waals surface area (Å²) in [5, 5.41) is 8.18. The molecule has 5 fully saturated rings. The van der Waals surface area contributed by atoms with E-state index < -0.39 is 160 Å². The summed E-state index contributed by atoms with van der Waals surface area (Å²) in [5.41, 5.74) is -0.726. The molecule has 3 N–H and O–H groups in total. The number of benzene rings is 2. The summed E-state index contributed by atoms with van der Waals surface area (Å²) in [6.07, 6.45) is -0.583. The number of fused-ring (bicyclic) bond motifs is 2. The SMILES string of the molecule is CCO[C@@H]1C[C@H]2C(=O)NC3(CCC3)C(=O)N(C)[C@@H](C3CCCCC3)C(=O)N(C)[C@H](C)CC(=O)N(C)[C@@H](CC(C)C)C(=O)N[C@@H]([C@@H](C)CC)C(=O)N(C)[C@@H](C)C(=O)N3CC[C@H]3C(=O)N(CC)[C@@H](Cc3ccc(C)cc3)C(=O)N(C)CC(=O)N[C@@H](CCc3ccc(C(F)(F)F)c(Cl)c3)C(=O)N2C1. The number of nitrogens with zero attached hydrogens (tertiary/aromatic N) is 8. The largest absolute Gasteiger partial charge is 0.417 e. The maximum absolute atomic E-state index is 15.4. The van der Waals surface area contributed by atoms with E-state index in [2.05, 4.69) is 16.0 Å². The van der Waals surface area contributed by atoms with E-state index in [0.717, 1.165) is 41.9 Å². The number of hydrogen-bond donors (Lipinski definition) is 3. The molecule has 5 aliphatic rings. The molecule has 1 spiro atoms. The van der Waals surface area contributed by atoms with Crippen molar-refractivity contribution in [2.45, 2.75) is 237 Å². The minimum atomic E-state index is -4.77. The van der Waals surface area contributed by atoms with Gasteiger partial charge in [-0.15, -0.1) is 0 Å². The van der Waals surface area contributed by atoms with Crippen molar-refractivity contribution in [1.29, 1.82) is 0 Å². The maximum atomic E-state index is 15.4. The van der Waals surface area contributed by atoms with Gasteiger partial charge in [0.15, 0.2) is 0 Å². The Kier molecular flexibility index (Phi) is 27.6. The van der Waals surface area contributed by atoms with Crippen LogP contribution in [0.5, 0.6) is 0 Å². The van der Waals surface area contributed by atoms with Crippen molar-refractivity contribution in [3.8, 4) is 0 Å². The second-order valence-corrected chi connectivity index (χ2v) is 29.4. The van der Waals surface area contributed by atoms with Crippen molar-refractivity contribution in [2.24, 2.45) is 17.8 Å². The van der Waals surface area contributed by atoms with Crippen LogP contribution in [0.25, 0.3) is 0 Å². The first-order chi connectivity index (χ1) is 47.1. The number of rotatable bonds is 13. The summed E-state index contributed by atoms with van der Waals surface area (Å²) in [4.78, 5) is 176. The first-order valence-electron chi connectivity index (χ1n) is 35.8. The van der Waals surface area contributed by atoms with Crippen molar-refractivity contribution in [3.63, 3.8) is 0 Å². The molecule has 2 saturated carbocycles. The predicted octanol–water partition coefficient (Wildman–Crippen LogP) is 6.56. The quantitative estimate of drug-likeness (QED) is 0.193. The van der Waals surface area contributed by atoms with Crippen LogP contribution in [0, 0.1) is 24.7 Å². The lowest BCUT2D eigenvalue weighted by molar-refractivity contribution is -0.160. The predicted molar refractivity (Wildman–Crippen MR) is 370 cm³/mol. The van der Waals surface area contributed by atoms with E-state index in [1.807, 2.05) is 52.0 Å². The van der Waals surface area contributed by atoms with Gasteiger partial charge in [0.05, 0.1) is 23.2 Å². The lowest BCUT2D eigenvalue weighted by Gasteiger charge is -2.47. The van der Waals surface area contributed by atoms with Crippen LogP contribution in [0.1, 0.15) is 168 Å². The topological polar surface area (TPSA) is 259 Å². The van der Waals surface area contributed by atoms with E-state index >= 15 is 28.8 Å². The van der Waals surface area contributed by atoms with E-state index in [1.54, 1.807) is 41.8 Å². The number of hydrogen-bond acceptors (Lipinski definition) is 12. The molecular weight excluding hydrogens is 1320 g/mol. The van der Waals surface area contributed by atoms with Gasteiger partial charge < -0.3 is 59.9 Å². The second-order valence-electron chi connectivity index (χ2n) is 29.0. The molecule has 11 atom stereocenters. The number of likely N-dealkylation sites (N-methyl/N-ethyl adjacent to an activating group) is 6. The lowest BCUT2D eigenvalue weighted by atomic mass is 9.74. The van der Waals surface area contributed by atoms with Gasteiger partial charge in [-0.2, -0.15) is 13.2 Å². The summed E-state index contributed by atoms with van der Waals surface area (Å²) in [7, 11) is 7.44. The number of alkyl halides is 3. The number of carbonyl (C=O) groups is 11. The van der Waals surface area contributed by atoms with Crippen molar-refractivity contribution in [1.82, 2.24) is 55.1 Å². The van der Waals surface area contributed by atoms with E-state index in [9.17, 15) is 37.1 Å². The molecule has 554 valence electrons. The summed E-state index contributed by atoms with van der Waals surface area (Å²) < 4.78 is 47.8. The van der Waals surface area contributed by atoms with Crippen LogP contribution >= 0.6 is 11.6 Å². The zero-order chi connectivity index (χ0) is 74.0. The molecule has 3 saturated heterocycles. The van der Waals surface area contributed by atoms with Crippen LogP contribution < -0.4 is 16.0 Å². The molecule has 23 nitrogen and oxygen atoms in total. The van der Waals surface area contributed by atoms with Crippen LogP contribution in [0.2, 0.25) is 5.02 Å². The van der Waals surface area contributed by atoms with Crippen molar-refractivity contribution >= 4 is 76.6 Å². The minimum Gasteiger partial charge on any atom is -0.377 e. The van der Waals surface area contributed by atoms with Gasteiger partial charge in [0.1, 0.15) is 53.9 Å². The van der Waals surface area contributed by atoms with Crippen molar-refractivity contribution < 1.29 is 70.6 Å². The molecule has 0 aromatic heterocycles. The first kappa shape index (κ1) is 80.0. The Morgan fingerprint density at radius 2 is 1.34 bits per heavy atom. The highest BCUT2D eigenvalue weighted by atomic mass is 35.5.